The normalized spacial score (nSPS) is 12.6. The fourth-order valence-corrected chi connectivity index (χ4v) is 1.71. The van der Waals surface area contributed by atoms with Crippen molar-refractivity contribution in [1.29, 1.82) is 0 Å². The van der Waals surface area contributed by atoms with Gasteiger partial charge in [-0.25, -0.2) is 14.6 Å². The number of hydrogen-bond acceptors (Lipinski definition) is 4. The number of carbonyl (C=O) groups is 2. The van der Waals surface area contributed by atoms with Crippen molar-refractivity contribution in [1.82, 2.24) is 5.43 Å². The van der Waals surface area contributed by atoms with E-state index in [4.69, 9.17) is 5.73 Å². The van der Waals surface area contributed by atoms with Crippen molar-refractivity contribution in [2.24, 2.45) is 10.8 Å². The molecule has 1 aromatic carbocycles. The minimum Gasteiger partial charge on any atom is -0.460 e. The SMILES string of the molecule is CCOC(=O)/C(N)=N/NC(=O)C(CC)c1ccc(F)cc1. The van der Waals surface area contributed by atoms with Crippen LogP contribution < -0.4 is 11.2 Å². The van der Waals surface area contributed by atoms with Crippen molar-refractivity contribution >= 4 is 17.7 Å². The summed E-state index contributed by atoms with van der Waals surface area (Å²) in [5.41, 5.74) is 8.23. The summed E-state index contributed by atoms with van der Waals surface area (Å²) in [5.74, 6) is -2.55. The number of hydrazone groups is 1. The number of nitrogens with one attached hydrogen (secondary N) is 1. The molecule has 7 heteroatoms. The van der Waals surface area contributed by atoms with Crippen LogP contribution in [0.3, 0.4) is 0 Å². The first-order valence-corrected chi connectivity index (χ1v) is 6.55. The Balaban J connectivity index is 2.74. The fraction of sp³-hybridized carbons (Fsp3) is 0.357. The molecule has 0 aromatic heterocycles. The van der Waals surface area contributed by atoms with E-state index in [-0.39, 0.29) is 12.4 Å². The summed E-state index contributed by atoms with van der Waals surface area (Å²) < 4.78 is 17.5. The maximum absolute atomic E-state index is 12.9. The number of rotatable bonds is 5. The van der Waals surface area contributed by atoms with Gasteiger partial charge in [-0.3, -0.25) is 4.79 Å². The van der Waals surface area contributed by atoms with Gasteiger partial charge in [0.2, 0.25) is 11.7 Å². The Kier molecular flexibility index (Phi) is 6.32. The molecule has 0 saturated carbocycles. The minimum atomic E-state index is -0.798. The lowest BCUT2D eigenvalue weighted by Crippen LogP contribution is -2.32. The van der Waals surface area contributed by atoms with Crippen molar-refractivity contribution in [2.75, 3.05) is 6.61 Å². The summed E-state index contributed by atoms with van der Waals surface area (Å²) in [5, 5.41) is 3.50. The first-order valence-electron chi connectivity index (χ1n) is 6.55. The molecular formula is C14H18FN3O3. The third kappa shape index (κ3) is 4.87. The van der Waals surface area contributed by atoms with Crippen LogP contribution in [0.1, 0.15) is 31.7 Å². The highest BCUT2D eigenvalue weighted by Crippen LogP contribution is 2.19. The molecule has 114 valence electrons. The molecule has 0 radical (unpaired) electrons. The molecule has 21 heavy (non-hydrogen) atoms. The third-order valence-corrected chi connectivity index (χ3v) is 2.77. The maximum Gasteiger partial charge on any atom is 0.375 e. The molecule has 1 aromatic rings. The number of amides is 1. The van der Waals surface area contributed by atoms with Gasteiger partial charge in [-0.15, -0.1) is 5.10 Å². The van der Waals surface area contributed by atoms with Crippen LogP contribution in [0, 0.1) is 5.82 Å². The van der Waals surface area contributed by atoms with Gasteiger partial charge in [0, 0.05) is 0 Å². The molecule has 3 N–H and O–H groups in total. The molecule has 0 saturated heterocycles. The summed E-state index contributed by atoms with van der Waals surface area (Å²) in [6.07, 6.45) is 0.492. The maximum atomic E-state index is 12.9. The Labute approximate surface area is 122 Å². The third-order valence-electron chi connectivity index (χ3n) is 2.77. The summed E-state index contributed by atoms with van der Waals surface area (Å²) in [6.45, 7) is 3.60. The quantitative estimate of drug-likeness (QED) is 0.370. The molecule has 0 fully saturated rings. The smallest absolute Gasteiger partial charge is 0.375 e. The van der Waals surface area contributed by atoms with Gasteiger partial charge in [-0.1, -0.05) is 19.1 Å². The van der Waals surface area contributed by atoms with Gasteiger partial charge in [0.05, 0.1) is 12.5 Å². The molecule has 1 unspecified atom stereocenters. The van der Waals surface area contributed by atoms with Gasteiger partial charge in [0.25, 0.3) is 0 Å². The van der Waals surface area contributed by atoms with Gasteiger partial charge in [-0.2, -0.15) is 0 Å². The number of hydrogen-bond donors (Lipinski definition) is 2. The Hall–Kier alpha value is -2.44. The molecule has 0 spiro atoms. The number of ether oxygens (including phenoxy) is 1. The summed E-state index contributed by atoms with van der Waals surface area (Å²) >= 11 is 0. The van der Waals surface area contributed by atoms with Gasteiger partial charge >= 0.3 is 5.97 Å². The summed E-state index contributed by atoms with van der Waals surface area (Å²) in [6, 6.07) is 5.62. The Bertz CT molecular complexity index is 529. The van der Waals surface area contributed by atoms with E-state index in [2.05, 4.69) is 15.3 Å². The van der Waals surface area contributed by atoms with Crippen molar-refractivity contribution in [2.45, 2.75) is 26.2 Å². The second-order valence-corrected chi connectivity index (χ2v) is 4.21. The molecular weight excluding hydrogens is 277 g/mol. The average molecular weight is 295 g/mol. The Morgan fingerprint density at radius 2 is 1.95 bits per heavy atom. The van der Waals surface area contributed by atoms with Gasteiger partial charge < -0.3 is 10.5 Å². The zero-order valence-corrected chi connectivity index (χ0v) is 11.9. The topological polar surface area (TPSA) is 93.8 Å². The lowest BCUT2D eigenvalue weighted by Gasteiger charge is -2.13. The van der Waals surface area contributed by atoms with Crippen molar-refractivity contribution < 1.29 is 18.7 Å². The zero-order chi connectivity index (χ0) is 15.8. The van der Waals surface area contributed by atoms with Crippen molar-refractivity contribution in [3.05, 3.63) is 35.6 Å². The molecule has 1 amide bonds. The van der Waals surface area contributed by atoms with Crippen LogP contribution >= 0.6 is 0 Å². The highest BCUT2D eigenvalue weighted by molar-refractivity contribution is 6.34. The average Bonchev–Trinajstić information content (AvgIpc) is 2.47. The van der Waals surface area contributed by atoms with E-state index in [1.54, 1.807) is 6.92 Å². The number of nitrogens with zero attached hydrogens (tertiary/aromatic N) is 1. The van der Waals surface area contributed by atoms with E-state index >= 15 is 0 Å². The predicted octanol–water partition coefficient (Wildman–Crippen LogP) is 1.27. The van der Waals surface area contributed by atoms with Gasteiger partial charge in [0.15, 0.2) is 0 Å². The minimum absolute atomic E-state index is 0.163. The molecule has 0 aliphatic carbocycles. The lowest BCUT2D eigenvalue weighted by atomic mass is 9.96. The van der Waals surface area contributed by atoms with Crippen LogP contribution in [0.15, 0.2) is 29.4 Å². The molecule has 0 aliphatic rings. The zero-order valence-electron chi connectivity index (χ0n) is 11.9. The van der Waals surface area contributed by atoms with Crippen molar-refractivity contribution in [3.63, 3.8) is 0 Å². The Morgan fingerprint density at radius 1 is 1.33 bits per heavy atom. The largest absolute Gasteiger partial charge is 0.460 e. The van der Waals surface area contributed by atoms with Gasteiger partial charge in [-0.05, 0) is 31.0 Å². The Morgan fingerprint density at radius 3 is 2.48 bits per heavy atom. The highest BCUT2D eigenvalue weighted by Gasteiger charge is 2.19. The monoisotopic (exact) mass is 295 g/mol. The van der Waals surface area contributed by atoms with E-state index in [0.717, 1.165) is 0 Å². The number of nitrogens with two attached hydrogens (primary N) is 1. The number of amidine groups is 1. The predicted molar refractivity (Wildman–Crippen MR) is 75.8 cm³/mol. The standard InChI is InChI=1S/C14H18FN3O3/c1-3-11(9-5-7-10(15)8-6-9)13(19)18-17-12(16)14(20)21-4-2/h5-8,11H,3-4H2,1-2H3,(H2,16,17)(H,18,19). The molecule has 6 nitrogen and oxygen atoms in total. The number of halogens is 1. The molecule has 1 atom stereocenters. The fourth-order valence-electron chi connectivity index (χ4n) is 1.71. The van der Waals surface area contributed by atoms with Crippen LogP contribution in [0.2, 0.25) is 0 Å². The lowest BCUT2D eigenvalue weighted by molar-refractivity contribution is -0.135. The summed E-state index contributed by atoms with van der Waals surface area (Å²) in [4.78, 5) is 23.3. The van der Waals surface area contributed by atoms with Crippen LogP contribution in [0.5, 0.6) is 0 Å². The number of carbonyl (C=O) groups excluding carboxylic acids is 2. The molecule has 0 heterocycles. The number of benzene rings is 1. The van der Waals surface area contributed by atoms with Crippen LogP contribution in [0.4, 0.5) is 4.39 Å². The van der Waals surface area contributed by atoms with Crippen LogP contribution in [0.25, 0.3) is 0 Å². The molecule has 0 aliphatic heterocycles. The van der Waals surface area contributed by atoms with E-state index in [1.807, 2.05) is 6.92 Å². The van der Waals surface area contributed by atoms with Crippen LogP contribution in [-0.4, -0.2) is 24.3 Å². The second kappa shape index (κ2) is 7.98. The summed E-state index contributed by atoms with van der Waals surface area (Å²) in [7, 11) is 0. The van der Waals surface area contributed by atoms with E-state index in [1.165, 1.54) is 24.3 Å². The van der Waals surface area contributed by atoms with Gasteiger partial charge in [0.1, 0.15) is 5.82 Å². The van der Waals surface area contributed by atoms with E-state index < -0.39 is 23.6 Å². The van der Waals surface area contributed by atoms with Crippen molar-refractivity contribution in [3.8, 4) is 0 Å². The molecule has 1 rings (SSSR count). The van der Waals surface area contributed by atoms with E-state index in [0.29, 0.717) is 12.0 Å². The first-order chi connectivity index (χ1) is 9.99. The molecule has 0 bridgehead atoms. The number of esters is 1. The highest BCUT2D eigenvalue weighted by atomic mass is 19.1. The second-order valence-electron chi connectivity index (χ2n) is 4.21. The van der Waals surface area contributed by atoms with Crippen LogP contribution in [-0.2, 0) is 14.3 Å². The first kappa shape index (κ1) is 16.6. The van der Waals surface area contributed by atoms with E-state index in [9.17, 15) is 14.0 Å².